The number of alkyl carbamates (subject to hydrolysis) is 1. The molecule has 0 aromatic rings. The molecule has 0 fully saturated rings. The molecule has 0 saturated carbocycles. The maximum atomic E-state index is 11.9. The Kier molecular flexibility index (Phi) is 6.11. The lowest BCUT2D eigenvalue weighted by Gasteiger charge is -2.22. The summed E-state index contributed by atoms with van der Waals surface area (Å²) in [7, 11) is 0. The fourth-order valence-corrected chi connectivity index (χ4v) is 1.21. The zero-order chi connectivity index (χ0) is 15.3. The van der Waals surface area contributed by atoms with E-state index in [0.29, 0.717) is 0 Å². The SMILES string of the molecule is CC(C)(C)OC(=O)N[C@@H](CCCC(F)(F)F)C(=O)O. The topological polar surface area (TPSA) is 75.6 Å². The van der Waals surface area contributed by atoms with E-state index in [1.165, 1.54) is 0 Å². The molecule has 0 unspecified atom stereocenters. The van der Waals surface area contributed by atoms with E-state index in [4.69, 9.17) is 9.84 Å². The normalized spacial score (nSPS) is 13.8. The number of alkyl halides is 3. The summed E-state index contributed by atoms with van der Waals surface area (Å²) in [4.78, 5) is 22.1. The molecule has 112 valence electrons. The minimum atomic E-state index is -4.34. The van der Waals surface area contributed by atoms with Crippen molar-refractivity contribution in [3.8, 4) is 0 Å². The van der Waals surface area contributed by atoms with Gasteiger partial charge < -0.3 is 15.2 Å². The number of amides is 1. The number of hydrogen-bond donors (Lipinski definition) is 2. The van der Waals surface area contributed by atoms with Crippen molar-refractivity contribution in [2.75, 3.05) is 0 Å². The first-order valence-corrected chi connectivity index (χ1v) is 5.70. The Morgan fingerprint density at radius 1 is 1.26 bits per heavy atom. The van der Waals surface area contributed by atoms with Gasteiger partial charge in [0.05, 0.1) is 0 Å². The Balaban J connectivity index is 4.28. The molecule has 8 heteroatoms. The van der Waals surface area contributed by atoms with Crippen molar-refractivity contribution in [3.63, 3.8) is 0 Å². The molecule has 0 bridgehead atoms. The average Bonchev–Trinajstić information content (AvgIpc) is 2.10. The number of carboxylic acids is 1. The highest BCUT2D eigenvalue weighted by Gasteiger charge is 2.29. The van der Waals surface area contributed by atoms with E-state index in [1.807, 2.05) is 5.32 Å². The van der Waals surface area contributed by atoms with Crippen LogP contribution in [0.15, 0.2) is 0 Å². The van der Waals surface area contributed by atoms with Crippen LogP contribution in [0.3, 0.4) is 0 Å². The molecule has 1 atom stereocenters. The third kappa shape index (κ3) is 10.2. The Labute approximate surface area is 109 Å². The molecule has 5 nitrogen and oxygen atoms in total. The van der Waals surface area contributed by atoms with Crippen molar-refractivity contribution in [1.82, 2.24) is 5.32 Å². The van der Waals surface area contributed by atoms with Crippen LogP contribution in [0.25, 0.3) is 0 Å². The van der Waals surface area contributed by atoms with Crippen molar-refractivity contribution in [2.24, 2.45) is 0 Å². The second kappa shape index (κ2) is 6.63. The summed E-state index contributed by atoms with van der Waals surface area (Å²) in [5.41, 5.74) is -0.806. The lowest BCUT2D eigenvalue weighted by atomic mass is 10.1. The van der Waals surface area contributed by atoms with Crippen LogP contribution in [0.4, 0.5) is 18.0 Å². The Hall–Kier alpha value is -1.47. The number of carbonyl (C=O) groups excluding carboxylic acids is 1. The number of halogens is 3. The summed E-state index contributed by atoms with van der Waals surface area (Å²) in [6.07, 6.45) is -7.08. The molecule has 0 aromatic carbocycles. The molecule has 0 aromatic heterocycles. The Morgan fingerprint density at radius 2 is 1.79 bits per heavy atom. The molecule has 0 aliphatic heterocycles. The van der Waals surface area contributed by atoms with E-state index in [-0.39, 0.29) is 12.8 Å². The van der Waals surface area contributed by atoms with E-state index in [1.54, 1.807) is 20.8 Å². The molecule has 0 rings (SSSR count). The van der Waals surface area contributed by atoms with Gasteiger partial charge in [-0.15, -0.1) is 0 Å². The molecule has 0 spiro atoms. The fraction of sp³-hybridized carbons (Fsp3) is 0.818. The quantitative estimate of drug-likeness (QED) is 0.814. The predicted octanol–water partition coefficient (Wildman–Crippen LogP) is 2.70. The van der Waals surface area contributed by atoms with Gasteiger partial charge in [-0.3, -0.25) is 0 Å². The molecule has 0 aliphatic rings. The second-order valence-corrected chi connectivity index (χ2v) is 5.04. The summed E-state index contributed by atoms with van der Waals surface area (Å²) in [6, 6.07) is -1.39. The highest BCUT2D eigenvalue weighted by atomic mass is 19.4. The number of rotatable bonds is 5. The summed E-state index contributed by atoms with van der Waals surface area (Å²) < 4.78 is 40.6. The first-order valence-electron chi connectivity index (χ1n) is 5.70. The summed E-state index contributed by atoms with van der Waals surface area (Å²) in [5, 5.41) is 10.8. The van der Waals surface area contributed by atoms with Crippen LogP contribution in [-0.4, -0.2) is 35.0 Å². The number of aliphatic carboxylic acids is 1. The third-order valence-corrected chi connectivity index (χ3v) is 1.94. The highest BCUT2D eigenvalue weighted by Crippen LogP contribution is 2.22. The number of ether oxygens (including phenoxy) is 1. The molecule has 1 amide bonds. The first-order chi connectivity index (χ1) is 8.41. The molecule has 0 heterocycles. The fourth-order valence-electron chi connectivity index (χ4n) is 1.21. The molecular weight excluding hydrogens is 267 g/mol. The van der Waals surface area contributed by atoms with E-state index in [9.17, 15) is 22.8 Å². The van der Waals surface area contributed by atoms with Crippen molar-refractivity contribution in [3.05, 3.63) is 0 Å². The lowest BCUT2D eigenvalue weighted by molar-refractivity contribution is -0.143. The van der Waals surface area contributed by atoms with Gasteiger partial charge in [-0.25, -0.2) is 9.59 Å². The van der Waals surface area contributed by atoms with Gasteiger partial charge in [-0.1, -0.05) is 0 Å². The Bertz CT molecular complexity index is 323. The van der Waals surface area contributed by atoms with Gasteiger partial charge in [0.1, 0.15) is 11.6 Å². The molecule has 0 saturated heterocycles. The summed E-state index contributed by atoms with van der Waals surface area (Å²) in [5.74, 6) is -1.40. The van der Waals surface area contributed by atoms with Crippen LogP contribution in [0.2, 0.25) is 0 Å². The standard InChI is InChI=1S/C11H18F3NO4/c1-10(2,3)19-9(18)15-7(8(16)17)5-4-6-11(12,13)14/h7H,4-6H2,1-3H3,(H,15,18)(H,16,17)/t7-/m0/s1. The zero-order valence-electron chi connectivity index (χ0n) is 11.0. The second-order valence-electron chi connectivity index (χ2n) is 5.04. The number of hydrogen-bond acceptors (Lipinski definition) is 3. The van der Waals surface area contributed by atoms with Crippen molar-refractivity contribution >= 4 is 12.1 Å². The van der Waals surface area contributed by atoms with Gasteiger partial charge in [-0.2, -0.15) is 13.2 Å². The van der Waals surface area contributed by atoms with Crippen LogP contribution in [0.1, 0.15) is 40.0 Å². The monoisotopic (exact) mass is 285 g/mol. The van der Waals surface area contributed by atoms with Gasteiger partial charge in [0.2, 0.25) is 0 Å². The molecule has 2 N–H and O–H groups in total. The number of nitrogens with one attached hydrogen (secondary N) is 1. The van der Waals surface area contributed by atoms with Crippen LogP contribution in [0.5, 0.6) is 0 Å². The van der Waals surface area contributed by atoms with E-state index >= 15 is 0 Å². The van der Waals surface area contributed by atoms with Crippen LogP contribution in [0, 0.1) is 0 Å². The van der Waals surface area contributed by atoms with Crippen LogP contribution in [-0.2, 0) is 9.53 Å². The van der Waals surface area contributed by atoms with E-state index in [2.05, 4.69) is 0 Å². The number of carbonyl (C=O) groups is 2. The largest absolute Gasteiger partial charge is 0.480 e. The van der Waals surface area contributed by atoms with Crippen molar-refractivity contribution < 1.29 is 32.6 Å². The minimum absolute atomic E-state index is 0.311. The first kappa shape index (κ1) is 17.5. The van der Waals surface area contributed by atoms with Gasteiger partial charge in [0, 0.05) is 6.42 Å². The molecule has 19 heavy (non-hydrogen) atoms. The van der Waals surface area contributed by atoms with E-state index < -0.39 is 36.3 Å². The smallest absolute Gasteiger partial charge is 0.408 e. The van der Waals surface area contributed by atoms with E-state index in [0.717, 1.165) is 0 Å². The van der Waals surface area contributed by atoms with Crippen LogP contribution < -0.4 is 5.32 Å². The average molecular weight is 285 g/mol. The van der Waals surface area contributed by atoms with Gasteiger partial charge in [0.25, 0.3) is 0 Å². The third-order valence-electron chi connectivity index (χ3n) is 1.94. The maximum absolute atomic E-state index is 11.9. The molecule has 0 aliphatic carbocycles. The lowest BCUT2D eigenvalue weighted by Crippen LogP contribution is -2.43. The van der Waals surface area contributed by atoms with Crippen molar-refractivity contribution in [2.45, 2.75) is 57.9 Å². The highest BCUT2D eigenvalue weighted by molar-refractivity contribution is 5.79. The molecule has 0 radical (unpaired) electrons. The Morgan fingerprint density at radius 3 is 2.16 bits per heavy atom. The maximum Gasteiger partial charge on any atom is 0.408 e. The zero-order valence-corrected chi connectivity index (χ0v) is 11.0. The summed E-state index contributed by atoms with van der Waals surface area (Å²) >= 11 is 0. The number of carboxylic acid groups (broad SMARTS) is 1. The minimum Gasteiger partial charge on any atom is -0.480 e. The summed E-state index contributed by atoms with van der Waals surface area (Å²) in [6.45, 7) is 4.77. The predicted molar refractivity (Wildman–Crippen MR) is 60.7 cm³/mol. The van der Waals surface area contributed by atoms with Gasteiger partial charge >= 0.3 is 18.2 Å². The van der Waals surface area contributed by atoms with Gasteiger partial charge in [-0.05, 0) is 33.6 Å². The van der Waals surface area contributed by atoms with Crippen molar-refractivity contribution in [1.29, 1.82) is 0 Å². The van der Waals surface area contributed by atoms with Gasteiger partial charge in [0.15, 0.2) is 0 Å². The van der Waals surface area contributed by atoms with Crippen LogP contribution >= 0.6 is 0 Å². The molecular formula is C11H18F3NO4.